The predicted octanol–water partition coefficient (Wildman–Crippen LogP) is 6.24. The smallest absolute Gasteiger partial charge is 0.254 e. The van der Waals surface area contributed by atoms with Crippen LogP contribution in [0.2, 0.25) is 0 Å². The number of benzene rings is 3. The summed E-state index contributed by atoms with van der Waals surface area (Å²) >= 11 is 1.53. The van der Waals surface area contributed by atoms with E-state index in [1.807, 2.05) is 40.4 Å². The number of thiazole rings is 1. The van der Waals surface area contributed by atoms with Gasteiger partial charge in [0, 0.05) is 17.5 Å². The highest BCUT2D eigenvalue weighted by atomic mass is 32.1. The number of nitrogens with one attached hydrogen (secondary N) is 1. The molecule has 2 heterocycles. The number of aromatic nitrogens is 3. The lowest BCUT2D eigenvalue weighted by atomic mass is 10.1. The quantitative estimate of drug-likeness (QED) is 0.309. The van der Waals surface area contributed by atoms with E-state index in [0.717, 1.165) is 28.5 Å². The first-order chi connectivity index (χ1) is 16.6. The van der Waals surface area contributed by atoms with Gasteiger partial charge in [0.15, 0.2) is 0 Å². The van der Waals surface area contributed by atoms with Gasteiger partial charge in [-0.15, -0.1) is 11.3 Å². The molecule has 0 atom stereocenters. The van der Waals surface area contributed by atoms with Crippen molar-refractivity contribution in [1.29, 1.82) is 0 Å². The third kappa shape index (κ3) is 4.50. The molecule has 0 saturated heterocycles. The van der Waals surface area contributed by atoms with Gasteiger partial charge in [0.05, 0.1) is 23.1 Å². The molecule has 0 saturated carbocycles. The fourth-order valence-electron chi connectivity index (χ4n) is 4.14. The van der Waals surface area contributed by atoms with Crippen LogP contribution in [-0.2, 0) is 6.42 Å². The van der Waals surface area contributed by atoms with Gasteiger partial charge in [-0.25, -0.2) is 9.67 Å². The summed E-state index contributed by atoms with van der Waals surface area (Å²) in [7, 11) is 0. The zero-order valence-electron chi connectivity index (χ0n) is 19.2. The van der Waals surface area contributed by atoms with Crippen LogP contribution in [0.25, 0.3) is 27.2 Å². The highest BCUT2D eigenvalue weighted by molar-refractivity contribution is 7.12. The maximum atomic E-state index is 13.0. The SMILES string of the molecule is CC(C)c1c(C(=O)NCCc2ccccc2)cnn1-c1nc(-c2ccc3ccccc3c2)cs1. The molecule has 170 valence electrons. The second-order valence-electron chi connectivity index (χ2n) is 8.58. The number of carbonyl (C=O) groups is 1. The lowest BCUT2D eigenvalue weighted by Crippen LogP contribution is -2.26. The molecule has 1 amide bonds. The minimum Gasteiger partial charge on any atom is -0.352 e. The molecule has 2 aromatic heterocycles. The number of amides is 1. The molecule has 0 aliphatic rings. The fraction of sp³-hybridized carbons (Fsp3) is 0.179. The second kappa shape index (κ2) is 9.61. The molecule has 0 aliphatic carbocycles. The minimum absolute atomic E-state index is 0.0998. The minimum atomic E-state index is -0.0998. The Kier molecular flexibility index (Phi) is 6.23. The molecule has 0 bridgehead atoms. The summed E-state index contributed by atoms with van der Waals surface area (Å²) in [5.41, 5.74) is 4.65. The van der Waals surface area contributed by atoms with E-state index in [-0.39, 0.29) is 11.8 Å². The zero-order chi connectivity index (χ0) is 23.5. The molecule has 3 aromatic carbocycles. The van der Waals surface area contributed by atoms with E-state index in [9.17, 15) is 4.79 Å². The standard InChI is InChI=1S/C28H26N4OS/c1-19(2)26-24(27(33)29-15-14-20-8-4-3-5-9-20)17-30-32(26)28-31-25(18-34-28)23-13-12-21-10-6-7-11-22(21)16-23/h3-13,16-19H,14-15H2,1-2H3,(H,29,33). The fourth-order valence-corrected chi connectivity index (χ4v) is 4.95. The number of hydrogen-bond acceptors (Lipinski definition) is 4. The third-order valence-electron chi connectivity index (χ3n) is 5.86. The Morgan fingerprint density at radius 2 is 1.76 bits per heavy atom. The van der Waals surface area contributed by atoms with Gasteiger partial charge >= 0.3 is 0 Å². The van der Waals surface area contributed by atoms with E-state index in [1.165, 1.54) is 27.7 Å². The van der Waals surface area contributed by atoms with Crippen LogP contribution >= 0.6 is 11.3 Å². The average molecular weight is 467 g/mol. The summed E-state index contributed by atoms with van der Waals surface area (Å²) < 4.78 is 1.81. The van der Waals surface area contributed by atoms with E-state index < -0.39 is 0 Å². The van der Waals surface area contributed by atoms with Crippen molar-refractivity contribution >= 4 is 28.0 Å². The average Bonchev–Trinajstić information content (AvgIpc) is 3.52. The van der Waals surface area contributed by atoms with Crippen molar-refractivity contribution in [3.8, 4) is 16.4 Å². The largest absolute Gasteiger partial charge is 0.352 e. The van der Waals surface area contributed by atoms with E-state index in [0.29, 0.717) is 12.1 Å². The highest BCUT2D eigenvalue weighted by Crippen LogP contribution is 2.30. The Morgan fingerprint density at radius 1 is 1.00 bits per heavy atom. The van der Waals surface area contributed by atoms with E-state index >= 15 is 0 Å². The Bertz CT molecular complexity index is 1440. The van der Waals surface area contributed by atoms with Gasteiger partial charge in [-0.3, -0.25) is 4.79 Å². The lowest BCUT2D eigenvalue weighted by Gasteiger charge is -2.11. The van der Waals surface area contributed by atoms with Crippen molar-refractivity contribution in [3.05, 3.63) is 101 Å². The van der Waals surface area contributed by atoms with Crippen molar-refractivity contribution in [2.45, 2.75) is 26.2 Å². The van der Waals surface area contributed by atoms with Crippen molar-refractivity contribution in [1.82, 2.24) is 20.1 Å². The Labute approximate surface area is 203 Å². The molecule has 0 spiro atoms. The second-order valence-corrected chi connectivity index (χ2v) is 9.42. The van der Waals surface area contributed by atoms with Crippen LogP contribution in [0.4, 0.5) is 0 Å². The van der Waals surface area contributed by atoms with Crippen LogP contribution in [0.1, 0.15) is 41.4 Å². The van der Waals surface area contributed by atoms with Crippen LogP contribution in [0, 0.1) is 0 Å². The van der Waals surface area contributed by atoms with Crippen LogP contribution in [-0.4, -0.2) is 27.2 Å². The number of nitrogens with zero attached hydrogens (tertiary/aromatic N) is 3. The van der Waals surface area contributed by atoms with Gasteiger partial charge in [0.1, 0.15) is 0 Å². The summed E-state index contributed by atoms with van der Waals surface area (Å²) in [5.74, 6) is 0.0163. The van der Waals surface area contributed by atoms with Gasteiger partial charge in [0.25, 0.3) is 5.91 Å². The van der Waals surface area contributed by atoms with E-state index in [4.69, 9.17) is 4.98 Å². The maximum absolute atomic E-state index is 13.0. The molecular formula is C28H26N4OS. The number of carbonyl (C=O) groups excluding carboxylic acids is 1. The van der Waals surface area contributed by atoms with Crippen LogP contribution in [0.15, 0.2) is 84.4 Å². The molecule has 5 aromatic rings. The van der Waals surface area contributed by atoms with Crippen LogP contribution < -0.4 is 5.32 Å². The summed E-state index contributed by atoms with van der Waals surface area (Å²) in [4.78, 5) is 17.8. The topological polar surface area (TPSA) is 59.8 Å². The van der Waals surface area contributed by atoms with E-state index in [2.05, 4.69) is 66.7 Å². The van der Waals surface area contributed by atoms with Crippen molar-refractivity contribution in [2.75, 3.05) is 6.54 Å². The number of rotatable bonds is 7. The van der Waals surface area contributed by atoms with Gasteiger partial charge in [-0.1, -0.05) is 80.6 Å². The molecule has 0 radical (unpaired) electrons. The summed E-state index contributed by atoms with van der Waals surface area (Å²) in [5, 5.41) is 12.8. The number of fused-ring (bicyclic) bond motifs is 1. The lowest BCUT2D eigenvalue weighted by molar-refractivity contribution is 0.0952. The van der Waals surface area contributed by atoms with E-state index in [1.54, 1.807) is 6.20 Å². The van der Waals surface area contributed by atoms with Gasteiger partial charge in [0.2, 0.25) is 5.13 Å². The van der Waals surface area contributed by atoms with Crippen molar-refractivity contribution in [2.24, 2.45) is 0 Å². The maximum Gasteiger partial charge on any atom is 0.254 e. The molecule has 34 heavy (non-hydrogen) atoms. The first-order valence-electron chi connectivity index (χ1n) is 11.5. The first kappa shape index (κ1) is 22.0. The molecule has 0 aliphatic heterocycles. The molecule has 0 fully saturated rings. The van der Waals surface area contributed by atoms with Crippen molar-refractivity contribution in [3.63, 3.8) is 0 Å². The molecule has 5 nitrogen and oxygen atoms in total. The Hall–Kier alpha value is -3.77. The Morgan fingerprint density at radius 3 is 2.56 bits per heavy atom. The molecule has 1 N–H and O–H groups in total. The van der Waals surface area contributed by atoms with Crippen LogP contribution in [0.3, 0.4) is 0 Å². The molecular weight excluding hydrogens is 440 g/mol. The highest BCUT2D eigenvalue weighted by Gasteiger charge is 2.22. The predicted molar refractivity (Wildman–Crippen MR) is 139 cm³/mol. The summed E-state index contributed by atoms with van der Waals surface area (Å²) in [6.07, 6.45) is 2.45. The third-order valence-corrected chi connectivity index (χ3v) is 6.67. The molecule has 5 rings (SSSR count). The number of hydrogen-bond donors (Lipinski definition) is 1. The summed E-state index contributed by atoms with van der Waals surface area (Å²) in [6, 6.07) is 24.8. The van der Waals surface area contributed by atoms with Gasteiger partial charge < -0.3 is 5.32 Å². The van der Waals surface area contributed by atoms with Crippen molar-refractivity contribution < 1.29 is 4.79 Å². The molecule has 6 heteroatoms. The first-order valence-corrected chi connectivity index (χ1v) is 12.3. The monoisotopic (exact) mass is 466 g/mol. The van der Waals surface area contributed by atoms with Gasteiger partial charge in [-0.2, -0.15) is 5.10 Å². The normalized spacial score (nSPS) is 11.3. The van der Waals surface area contributed by atoms with Crippen LogP contribution in [0.5, 0.6) is 0 Å². The summed E-state index contributed by atoms with van der Waals surface area (Å²) in [6.45, 7) is 4.73. The van der Waals surface area contributed by atoms with Gasteiger partial charge in [-0.05, 0) is 34.7 Å². The molecule has 0 unspecified atom stereocenters. The Balaban J connectivity index is 1.38. The zero-order valence-corrected chi connectivity index (χ0v) is 20.0.